The van der Waals surface area contributed by atoms with Gasteiger partial charge >= 0.3 is 5.97 Å². The average molecular weight is 327 g/mol. The number of carboxylic acids is 1. The van der Waals surface area contributed by atoms with Gasteiger partial charge in [-0.2, -0.15) is 0 Å². The Hall–Kier alpha value is -1.37. The highest BCUT2D eigenvalue weighted by Crippen LogP contribution is 2.32. The summed E-state index contributed by atoms with van der Waals surface area (Å²) in [6.07, 6.45) is 4.15. The molecule has 1 N–H and O–H groups in total. The van der Waals surface area contributed by atoms with Crippen LogP contribution in [0.4, 0.5) is 0 Å². The highest BCUT2D eigenvalue weighted by molar-refractivity contribution is 8.00. The van der Waals surface area contributed by atoms with Crippen LogP contribution in [-0.2, 0) is 19.2 Å². The molecule has 1 heterocycles. The molecule has 2 aliphatic rings. The van der Waals surface area contributed by atoms with Crippen LogP contribution in [0.5, 0.6) is 0 Å². The lowest BCUT2D eigenvalue weighted by Gasteiger charge is -2.28. The standard InChI is InChI=1S/C15H21NO5S/c17-6-1-7-22-12-8-13(18)16(14(12)19)9-10-2-4-11(5-3-10)15(20)21/h6,10-12H,1-5,7-9H2,(H,20,21). The minimum Gasteiger partial charge on any atom is -0.481 e. The van der Waals surface area contributed by atoms with E-state index in [1.54, 1.807) is 0 Å². The molecule has 1 saturated heterocycles. The van der Waals surface area contributed by atoms with E-state index in [0.29, 0.717) is 31.6 Å². The van der Waals surface area contributed by atoms with E-state index in [4.69, 9.17) is 5.11 Å². The van der Waals surface area contributed by atoms with Gasteiger partial charge in [0.25, 0.3) is 0 Å². The molecule has 2 fully saturated rings. The minimum absolute atomic E-state index is 0.144. The lowest BCUT2D eigenvalue weighted by atomic mass is 9.82. The molecule has 0 aromatic heterocycles. The predicted molar refractivity (Wildman–Crippen MR) is 81.3 cm³/mol. The van der Waals surface area contributed by atoms with Gasteiger partial charge < -0.3 is 9.90 Å². The van der Waals surface area contributed by atoms with Gasteiger partial charge in [0.1, 0.15) is 6.29 Å². The van der Waals surface area contributed by atoms with Crippen LogP contribution in [0.25, 0.3) is 0 Å². The second-order valence-corrected chi connectivity index (χ2v) is 7.23. The van der Waals surface area contributed by atoms with Crippen molar-refractivity contribution < 1.29 is 24.3 Å². The third-order valence-corrected chi connectivity index (χ3v) is 5.64. The van der Waals surface area contributed by atoms with E-state index in [9.17, 15) is 19.2 Å². The Bertz CT molecular complexity index is 459. The number of rotatable bonds is 7. The minimum atomic E-state index is -0.751. The second-order valence-electron chi connectivity index (χ2n) is 5.92. The first-order chi connectivity index (χ1) is 10.5. The van der Waals surface area contributed by atoms with Crippen LogP contribution in [-0.4, -0.2) is 51.6 Å². The first kappa shape index (κ1) is 17.0. The lowest BCUT2D eigenvalue weighted by Crippen LogP contribution is -2.37. The normalized spacial score (nSPS) is 28.9. The monoisotopic (exact) mass is 327 g/mol. The van der Waals surface area contributed by atoms with Gasteiger partial charge in [-0.1, -0.05) is 0 Å². The topological polar surface area (TPSA) is 91.8 Å². The van der Waals surface area contributed by atoms with E-state index >= 15 is 0 Å². The molecule has 7 heteroatoms. The van der Waals surface area contributed by atoms with Crippen molar-refractivity contribution in [1.29, 1.82) is 0 Å². The van der Waals surface area contributed by atoms with E-state index in [1.807, 2.05) is 0 Å². The molecule has 2 amide bonds. The van der Waals surface area contributed by atoms with Crippen LogP contribution in [0.3, 0.4) is 0 Å². The molecule has 0 aromatic carbocycles. The Morgan fingerprint density at radius 2 is 1.95 bits per heavy atom. The van der Waals surface area contributed by atoms with Crippen molar-refractivity contribution in [2.24, 2.45) is 11.8 Å². The van der Waals surface area contributed by atoms with Gasteiger partial charge in [-0.25, -0.2) is 0 Å². The maximum Gasteiger partial charge on any atom is 0.306 e. The number of aliphatic carboxylic acids is 1. The van der Waals surface area contributed by atoms with Crippen molar-refractivity contribution in [2.45, 2.75) is 43.8 Å². The number of hydrogen-bond acceptors (Lipinski definition) is 5. The van der Waals surface area contributed by atoms with Crippen molar-refractivity contribution >= 4 is 35.8 Å². The molecule has 2 rings (SSSR count). The highest BCUT2D eigenvalue weighted by Gasteiger charge is 2.40. The van der Waals surface area contributed by atoms with E-state index in [-0.39, 0.29) is 35.3 Å². The van der Waals surface area contributed by atoms with Gasteiger partial charge in [0.05, 0.1) is 11.2 Å². The van der Waals surface area contributed by atoms with Crippen molar-refractivity contribution in [2.75, 3.05) is 12.3 Å². The molecule has 0 aromatic rings. The zero-order chi connectivity index (χ0) is 16.1. The molecular formula is C15H21NO5S. The molecular weight excluding hydrogens is 306 g/mol. The predicted octanol–water partition coefficient (Wildman–Crippen LogP) is 1.33. The molecule has 1 saturated carbocycles. The second kappa shape index (κ2) is 7.76. The third-order valence-electron chi connectivity index (χ3n) is 4.39. The zero-order valence-corrected chi connectivity index (χ0v) is 13.2. The Balaban J connectivity index is 1.82. The van der Waals surface area contributed by atoms with Crippen LogP contribution < -0.4 is 0 Å². The lowest BCUT2D eigenvalue weighted by molar-refractivity contribution is -0.144. The molecule has 122 valence electrons. The smallest absolute Gasteiger partial charge is 0.306 e. The number of imide groups is 1. The van der Waals surface area contributed by atoms with E-state index in [1.165, 1.54) is 16.7 Å². The molecule has 1 aliphatic heterocycles. The number of carbonyl (C=O) groups excluding carboxylic acids is 3. The number of aldehydes is 1. The van der Waals surface area contributed by atoms with E-state index in [2.05, 4.69) is 0 Å². The van der Waals surface area contributed by atoms with Crippen LogP contribution in [0, 0.1) is 11.8 Å². The van der Waals surface area contributed by atoms with Crippen LogP contribution in [0.1, 0.15) is 38.5 Å². The first-order valence-corrected chi connectivity index (χ1v) is 8.70. The number of nitrogens with zero attached hydrogens (tertiary/aromatic N) is 1. The first-order valence-electron chi connectivity index (χ1n) is 7.65. The van der Waals surface area contributed by atoms with Crippen molar-refractivity contribution in [3.05, 3.63) is 0 Å². The molecule has 0 spiro atoms. The van der Waals surface area contributed by atoms with Crippen LogP contribution in [0.2, 0.25) is 0 Å². The van der Waals surface area contributed by atoms with Crippen molar-refractivity contribution in [3.8, 4) is 0 Å². The van der Waals surface area contributed by atoms with Crippen LogP contribution >= 0.6 is 11.8 Å². The maximum absolute atomic E-state index is 12.3. The number of likely N-dealkylation sites (tertiary alicyclic amines) is 1. The number of carboxylic acid groups (broad SMARTS) is 1. The third kappa shape index (κ3) is 4.09. The summed E-state index contributed by atoms with van der Waals surface area (Å²) in [5.41, 5.74) is 0. The quantitative estimate of drug-likeness (QED) is 0.431. The summed E-state index contributed by atoms with van der Waals surface area (Å²) in [5.74, 6) is -0.561. The molecule has 1 unspecified atom stereocenters. The largest absolute Gasteiger partial charge is 0.481 e. The number of thioether (sulfide) groups is 1. The summed E-state index contributed by atoms with van der Waals surface area (Å²) in [5, 5.41) is 8.63. The summed E-state index contributed by atoms with van der Waals surface area (Å²) in [6.45, 7) is 0.411. The Kier molecular flexibility index (Phi) is 5.99. The van der Waals surface area contributed by atoms with Gasteiger partial charge in [-0.05, 0) is 31.6 Å². The maximum atomic E-state index is 12.3. The number of hydrogen-bond donors (Lipinski definition) is 1. The fourth-order valence-corrected chi connectivity index (χ4v) is 4.13. The van der Waals surface area contributed by atoms with Gasteiger partial charge in [-0.15, -0.1) is 11.8 Å². The highest BCUT2D eigenvalue weighted by atomic mass is 32.2. The van der Waals surface area contributed by atoms with Gasteiger partial charge in [0.2, 0.25) is 11.8 Å². The summed E-state index contributed by atoms with van der Waals surface area (Å²) in [6, 6.07) is 0. The summed E-state index contributed by atoms with van der Waals surface area (Å²) in [7, 11) is 0. The van der Waals surface area contributed by atoms with Crippen molar-refractivity contribution in [3.63, 3.8) is 0 Å². The average Bonchev–Trinajstić information content (AvgIpc) is 2.76. The fourth-order valence-electron chi connectivity index (χ4n) is 3.08. The fraction of sp³-hybridized carbons (Fsp3) is 0.733. The molecule has 22 heavy (non-hydrogen) atoms. The Morgan fingerprint density at radius 1 is 1.27 bits per heavy atom. The summed E-state index contributed by atoms with van der Waals surface area (Å²) < 4.78 is 0. The molecule has 1 aliphatic carbocycles. The Labute approximate surface area is 133 Å². The van der Waals surface area contributed by atoms with E-state index < -0.39 is 5.97 Å². The molecule has 1 atom stereocenters. The SMILES string of the molecule is O=CCCSC1CC(=O)N(CC2CCC(C(=O)O)CC2)C1=O. The Morgan fingerprint density at radius 3 is 2.55 bits per heavy atom. The molecule has 0 bridgehead atoms. The summed E-state index contributed by atoms with van der Waals surface area (Å²) >= 11 is 1.37. The van der Waals surface area contributed by atoms with Gasteiger partial charge in [0, 0.05) is 25.1 Å². The zero-order valence-electron chi connectivity index (χ0n) is 12.4. The van der Waals surface area contributed by atoms with Crippen LogP contribution in [0.15, 0.2) is 0 Å². The van der Waals surface area contributed by atoms with Gasteiger partial charge in [-0.3, -0.25) is 19.3 Å². The molecule has 0 radical (unpaired) electrons. The summed E-state index contributed by atoms with van der Waals surface area (Å²) in [4.78, 5) is 46.8. The van der Waals surface area contributed by atoms with Gasteiger partial charge in [0.15, 0.2) is 0 Å². The molecule has 6 nitrogen and oxygen atoms in total. The van der Waals surface area contributed by atoms with Crippen molar-refractivity contribution in [1.82, 2.24) is 4.90 Å². The number of carbonyl (C=O) groups is 4. The number of amides is 2. The van der Waals surface area contributed by atoms with E-state index in [0.717, 1.165) is 19.1 Å².